The molecule has 0 aliphatic rings. The molecule has 0 amide bonds. The van der Waals surface area contributed by atoms with Crippen LogP contribution >= 0.6 is 0 Å². The van der Waals surface area contributed by atoms with Crippen LogP contribution in [0, 0.1) is 0 Å². The van der Waals surface area contributed by atoms with Crippen molar-refractivity contribution in [3.63, 3.8) is 0 Å². The predicted molar refractivity (Wildman–Crippen MR) is 68.0 cm³/mol. The summed E-state index contributed by atoms with van der Waals surface area (Å²) in [6.45, 7) is 7.23. The smallest absolute Gasteiger partial charge is 0.0110 e. The van der Waals surface area contributed by atoms with Crippen molar-refractivity contribution in [2.45, 2.75) is 33.1 Å². The molecule has 0 radical (unpaired) electrons. The molecule has 0 fully saturated rings. The van der Waals surface area contributed by atoms with E-state index in [-0.39, 0.29) is 0 Å². The number of nitrogens with two attached hydrogens (primary N) is 1. The number of hydrogen-bond donors (Lipinski definition) is 1. The minimum atomic E-state index is 0.563. The van der Waals surface area contributed by atoms with Gasteiger partial charge in [0.2, 0.25) is 0 Å². The van der Waals surface area contributed by atoms with E-state index in [0.717, 1.165) is 6.42 Å². The maximum Gasteiger partial charge on any atom is 0.0110 e. The Labute approximate surface area is 93.0 Å². The highest BCUT2D eigenvalue weighted by molar-refractivity contribution is 5.56. The molecule has 0 atom stereocenters. The zero-order chi connectivity index (χ0) is 11.3. The Kier molecular flexibility index (Phi) is 4.57. The molecule has 0 saturated heterocycles. The largest absolute Gasteiger partial charge is 0.327 e. The lowest BCUT2D eigenvalue weighted by Crippen LogP contribution is -1.96. The lowest BCUT2D eigenvalue weighted by Gasteiger charge is -2.11. The molecule has 2 N–H and O–H groups in total. The van der Waals surface area contributed by atoms with Crippen molar-refractivity contribution < 1.29 is 0 Å². The molecule has 0 aliphatic carbocycles. The second-order valence-corrected chi connectivity index (χ2v) is 4.11. The van der Waals surface area contributed by atoms with Gasteiger partial charge in [0.25, 0.3) is 0 Å². The first-order valence-electron chi connectivity index (χ1n) is 5.68. The predicted octanol–water partition coefficient (Wildman–Crippen LogP) is 3.34. The molecule has 0 spiro atoms. The van der Waals surface area contributed by atoms with Gasteiger partial charge in [0.15, 0.2) is 0 Å². The summed E-state index contributed by atoms with van der Waals surface area (Å²) in [5.41, 5.74) is 9.59. The van der Waals surface area contributed by atoms with E-state index in [4.69, 9.17) is 5.73 Å². The summed E-state index contributed by atoms with van der Waals surface area (Å²) in [5.74, 6) is 0.563. The third-order valence-electron chi connectivity index (χ3n) is 2.61. The van der Waals surface area contributed by atoms with E-state index in [9.17, 15) is 0 Å². The Hall–Kier alpha value is -1.08. The van der Waals surface area contributed by atoms with Crippen molar-refractivity contribution in [1.29, 1.82) is 0 Å². The summed E-state index contributed by atoms with van der Waals surface area (Å²) in [5, 5.41) is 0. The molecule has 82 valence electrons. The van der Waals surface area contributed by atoms with Crippen LogP contribution in [-0.2, 0) is 6.42 Å². The second kappa shape index (κ2) is 5.72. The van der Waals surface area contributed by atoms with Crippen LogP contribution in [0.4, 0.5) is 0 Å². The van der Waals surface area contributed by atoms with E-state index in [2.05, 4.69) is 45.0 Å². The quantitative estimate of drug-likeness (QED) is 0.798. The molecule has 0 aliphatic heterocycles. The van der Waals surface area contributed by atoms with Gasteiger partial charge in [0.05, 0.1) is 0 Å². The van der Waals surface area contributed by atoms with Crippen LogP contribution in [0.1, 0.15) is 43.4 Å². The van der Waals surface area contributed by atoms with Gasteiger partial charge >= 0.3 is 0 Å². The molecule has 1 aromatic rings. The zero-order valence-corrected chi connectivity index (χ0v) is 9.96. The summed E-state index contributed by atoms with van der Waals surface area (Å²) >= 11 is 0. The van der Waals surface area contributed by atoms with Gasteiger partial charge in [-0.1, -0.05) is 51.1 Å². The third-order valence-corrected chi connectivity index (χ3v) is 2.61. The van der Waals surface area contributed by atoms with Crippen LogP contribution < -0.4 is 5.73 Å². The molecular formula is C14H21N. The highest BCUT2D eigenvalue weighted by Gasteiger charge is 2.04. The summed E-state index contributed by atoms with van der Waals surface area (Å²) < 4.78 is 0. The van der Waals surface area contributed by atoms with Crippen molar-refractivity contribution in [2.75, 3.05) is 6.54 Å². The lowest BCUT2D eigenvalue weighted by atomic mass is 9.94. The minimum Gasteiger partial charge on any atom is -0.327 e. The van der Waals surface area contributed by atoms with E-state index in [1.54, 1.807) is 0 Å². The summed E-state index contributed by atoms with van der Waals surface area (Å²) in [6.07, 6.45) is 5.23. The molecule has 0 saturated carbocycles. The fourth-order valence-electron chi connectivity index (χ4n) is 1.71. The van der Waals surface area contributed by atoms with Crippen molar-refractivity contribution >= 4 is 6.08 Å². The van der Waals surface area contributed by atoms with Crippen LogP contribution in [-0.4, -0.2) is 6.54 Å². The van der Waals surface area contributed by atoms with Gasteiger partial charge in [-0.3, -0.25) is 0 Å². The molecule has 0 heterocycles. The average molecular weight is 203 g/mol. The molecule has 15 heavy (non-hydrogen) atoms. The van der Waals surface area contributed by atoms with Crippen molar-refractivity contribution in [2.24, 2.45) is 5.73 Å². The molecule has 1 nitrogen and oxygen atoms in total. The van der Waals surface area contributed by atoms with E-state index in [0.29, 0.717) is 12.5 Å². The van der Waals surface area contributed by atoms with Gasteiger partial charge in [-0.25, -0.2) is 0 Å². The Bertz CT molecular complexity index is 337. The first-order valence-corrected chi connectivity index (χ1v) is 5.68. The van der Waals surface area contributed by atoms with Crippen LogP contribution in [0.15, 0.2) is 24.3 Å². The van der Waals surface area contributed by atoms with Gasteiger partial charge in [0, 0.05) is 6.54 Å². The Morgan fingerprint density at radius 3 is 2.60 bits per heavy atom. The highest BCUT2D eigenvalue weighted by atomic mass is 14.5. The highest BCUT2D eigenvalue weighted by Crippen LogP contribution is 2.22. The molecule has 0 unspecified atom stereocenters. The fourth-order valence-corrected chi connectivity index (χ4v) is 1.71. The summed E-state index contributed by atoms with van der Waals surface area (Å²) in [7, 11) is 0. The van der Waals surface area contributed by atoms with Gasteiger partial charge in [-0.15, -0.1) is 0 Å². The number of hydrogen-bond acceptors (Lipinski definition) is 1. The van der Waals surface area contributed by atoms with Crippen molar-refractivity contribution in [3.05, 3.63) is 41.0 Å². The number of benzene rings is 1. The maximum atomic E-state index is 5.49. The number of aryl methyl sites for hydroxylation is 1. The summed E-state index contributed by atoms with van der Waals surface area (Å²) in [4.78, 5) is 0. The molecule has 0 aromatic heterocycles. The van der Waals surface area contributed by atoms with Crippen LogP contribution in [0.3, 0.4) is 0 Å². The summed E-state index contributed by atoms with van der Waals surface area (Å²) in [6, 6.07) is 6.72. The van der Waals surface area contributed by atoms with E-state index < -0.39 is 0 Å². The number of rotatable bonds is 4. The van der Waals surface area contributed by atoms with Gasteiger partial charge in [0.1, 0.15) is 0 Å². The van der Waals surface area contributed by atoms with Crippen LogP contribution in [0.25, 0.3) is 6.08 Å². The zero-order valence-electron chi connectivity index (χ0n) is 9.96. The lowest BCUT2D eigenvalue weighted by molar-refractivity contribution is 0.862. The monoisotopic (exact) mass is 203 g/mol. The van der Waals surface area contributed by atoms with E-state index >= 15 is 0 Å². The molecule has 0 bridgehead atoms. The minimum absolute atomic E-state index is 0.563. The van der Waals surface area contributed by atoms with Crippen molar-refractivity contribution in [3.8, 4) is 0 Å². The van der Waals surface area contributed by atoms with Crippen molar-refractivity contribution in [1.82, 2.24) is 0 Å². The molecule has 1 heteroatoms. The van der Waals surface area contributed by atoms with Gasteiger partial charge < -0.3 is 5.73 Å². The molecule has 1 aromatic carbocycles. The van der Waals surface area contributed by atoms with Gasteiger partial charge in [-0.05, 0) is 29.0 Å². The second-order valence-electron chi connectivity index (χ2n) is 4.11. The normalized spacial score (nSPS) is 11.5. The SMILES string of the molecule is CCc1ccc(C(C)C)c(/C=C/CN)c1. The first kappa shape index (κ1) is 12.0. The topological polar surface area (TPSA) is 26.0 Å². The molecule has 1 rings (SSSR count). The average Bonchev–Trinajstić information content (AvgIpc) is 2.25. The third kappa shape index (κ3) is 3.21. The van der Waals surface area contributed by atoms with Crippen LogP contribution in [0.5, 0.6) is 0 Å². The Morgan fingerprint density at radius 2 is 2.07 bits per heavy atom. The fraction of sp³-hybridized carbons (Fsp3) is 0.429. The Balaban J connectivity index is 3.10. The maximum absolute atomic E-state index is 5.49. The Morgan fingerprint density at radius 1 is 1.33 bits per heavy atom. The van der Waals surface area contributed by atoms with Gasteiger partial charge in [-0.2, -0.15) is 0 Å². The standard InChI is InChI=1S/C14H21N/c1-4-12-7-8-14(11(2)3)13(10-12)6-5-9-15/h5-8,10-11H,4,9,15H2,1-3H3/b6-5+. The van der Waals surface area contributed by atoms with E-state index in [1.807, 2.05) is 6.08 Å². The van der Waals surface area contributed by atoms with E-state index in [1.165, 1.54) is 16.7 Å². The first-order chi connectivity index (χ1) is 7.19. The molecular weight excluding hydrogens is 182 g/mol. The van der Waals surface area contributed by atoms with Crippen LogP contribution in [0.2, 0.25) is 0 Å².